The van der Waals surface area contributed by atoms with Crippen LogP contribution in [-0.4, -0.2) is 23.2 Å². The summed E-state index contributed by atoms with van der Waals surface area (Å²) in [5.41, 5.74) is 3.20. The number of hydrogen-bond acceptors (Lipinski definition) is 4. The van der Waals surface area contributed by atoms with Crippen molar-refractivity contribution in [2.24, 2.45) is 0 Å². The van der Waals surface area contributed by atoms with Gasteiger partial charge in [-0.05, 0) is 49.6 Å². The molecule has 3 rings (SSSR count). The average molecular weight is 406 g/mol. The van der Waals surface area contributed by atoms with Crippen LogP contribution in [-0.2, 0) is 10.0 Å². The zero-order valence-electron chi connectivity index (χ0n) is 15.6. The summed E-state index contributed by atoms with van der Waals surface area (Å²) < 4.78 is 55.1. The molecule has 0 radical (unpaired) electrons. The third kappa shape index (κ3) is 3.95. The van der Waals surface area contributed by atoms with Gasteiger partial charge in [0.05, 0.1) is 17.9 Å². The molecule has 28 heavy (non-hydrogen) atoms. The molecule has 6 nitrogen and oxygen atoms in total. The van der Waals surface area contributed by atoms with Crippen LogP contribution in [0.4, 0.5) is 8.78 Å². The van der Waals surface area contributed by atoms with Crippen LogP contribution in [0.2, 0.25) is 0 Å². The Balaban J connectivity index is 2.08. The lowest BCUT2D eigenvalue weighted by atomic mass is 9.95. The monoisotopic (exact) mass is 406 g/mol. The minimum atomic E-state index is -4.12. The summed E-state index contributed by atoms with van der Waals surface area (Å²) in [7, 11) is -4.12. The minimum Gasteiger partial charge on any atom is -0.265 e. The summed E-state index contributed by atoms with van der Waals surface area (Å²) in [5.74, 6) is 0. The Morgan fingerprint density at radius 3 is 2.36 bits per heavy atom. The number of hydrogen-bond donors (Lipinski definition) is 1. The van der Waals surface area contributed by atoms with Gasteiger partial charge in [0.25, 0.3) is 0 Å². The van der Waals surface area contributed by atoms with E-state index in [0.29, 0.717) is 10.2 Å². The van der Waals surface area contributed by atoms with E-state index in [1.165, 1.54) is 6.92 Å². The first-order valence-electron chi connectivity index (χ1n) is 8.52. The van der Waals surface area contributed by atoms with Gasteiger partial charge in [0.2, 0.25) is 10.0 Å². The van der Waals surface area contributed by atoms with Gasteiger partial charge in [-0.2, -0.15) is 18.6 Å². The van der Waals surface area contributed by atoms with Gasteiger partial charge in [0.1, 0.15) is 4.90 Å². The first-order chi connectivity index (χ1) is 13.2. The van der Waals surface area contributed by atoms with Crippen molar-refractivity contribution in [3.8, 4) is 0 Å². The molecule has 0 aliphatic carbocycles. The summed E-state index contributed by atoms with van der Waals surface area (Å²) in [6.45, 7) is 2.18. The van der Waals surface area contributed by atoms with E-state index in [1.807, 2.05) is 32.0 Å². The van der Waals surface area contributed by atoms with Gasteiger partial charge in [0, 0.05) is 12.4 Å². The number of nitrogens with zero attached hydrogens (tertiary/aromatic N) is 3. The Bertz CT molecular complexity index is 1080. The van der Waals surface area contributed by atoms with E-state index in [9.17, 15) is 17.2 Å². The topological polar surface area (TPSA) is 76.9 Å². The number of halogens is 2. The van der Waals surface area contributed by atoms with Crippen LogP contribution in [0.1, 0.15) is 40.5 Å². The lowest BCUT2D eigenvalue weighted by Gasteiger charge is -2.22. The highest BCUT2D eigenvalue weighted by atomic mass is 32.2. The van der Waals surface area contributed by atoms with Crippen molar-refractivity contribution in [1.82, 2.24) is 19.5 Å². The molecule has 0 spiro atoms. The van der Waals surface area contributed by atoms with Crippen LogP contribution in [0.15, 0.2) is 53.8 Å². The van der Waals surface area contributed by atoms with Crippen LogP contribution in [0.3, 0.4) is 0 Å². The molecule has 9 heteroatoms. The van der Waals surface area contributed by atoms with Crippen LogP contribution >= 0.6 is 0 Å². The molecule has 2 aromatic heterocycles. The molecule has 2 heterocycles. The van der Waals surface area contributed by atoms with Crippen molar-refractivity contribution >= 4 is 10.0 Å². The number of nitrogens with one attached hydrogen (secondary N) is 1. The van der Waals surface area contributed by atoms with Crippen molar-refractivity contribution in [2.75, 3.05) is 0 Å². The molecule has 1 atom stereocenters. The zero-order valence-corrected chi connectivity index (χ0v) is 16.4. The molecule has 0 fully saturated rings. The van der Waals surface area contributed by atoms with Gasteiger partial charge in [0.15, 0.2) is 0 Å². The van der Waals surface area contributed by atoms with E-state index in [-0.39, 0.29) is 10.6 Å². The normalized spacial score (nSPS) is 13.1. The molecule has 3 aromatic rings. The molecule has 0 bridgehead atoms. The number of rotatable bonds is 6. The van der Waals surface area contributed by atoms with E-state index in [0.717, 1.165) is 22.9 Å². The van der Waals surface area contributed by atoms with Crippen LogP contribution in [0, 0.1) is 20.8 Å². The third-order valence-corrected chi connectivity index (χ3v) is 6.06. The maximum absolute atomic E-state index is 13.0. The fraction of sp³-hybridized carbons (Fsp3) is 0.263. The fourth-order valence-electron chi connectivity index (χ4n) is 3.02. The first-order valence-corrected chi connectivity index (χ1v) is 10.0. The number of benzene rings is 1. The molecular formula is C19H20F2N4O2S. The highest BCUT2D eigenvalue weighted by Gasteiger charge is 2.28. The van der Waals surface area contributed by atoms with Crippen LogP contribution in [0.25, 0.3) is 0 Å². The summed E-state index contributed by atoms with van der Waals surface area (Å²) in [6.07, 6.45) is 4.08. The van der Waals surface area contributed by atoms with Gasteiger partial charge in [-0.3, -0.25) is 4.98 Å². The lowest BCUT2D eigenvalue weighted by molar-refractivity contribution is 0.0541. The van der Waals surface area contributed by atoms with Gasteiger partial charge >= 0.3 is 6.55 Å². The van der Waals surface area contributed by atoms with Crippen molar-refractivity contribution in [2.45, 2.75) is 38.3 Å². The molecule has 0 saturated carbocycles. The molecule has 0 aliphatic rings. The summed E-state index contributed by atoms with van der Waals surface area (Å²) in [6, 6.07) is 8.47. The van der Waals surface area contributed by atoms with Gasteiger partial charge in [-0.1, -0.05) is 23.8 Å². The van der Waals surface area contributed by atoms with E-state index in [1.54, 1.807) is 24.5 Å². The zero-order chi connectivity index (χ0) is 20.5. The Kier molecular flexibility index (Phi) is 5.57. The molecule has 0 amide bonds. The standard InChI is InChI=1S/C19H20F2N4O2S/c1-12-4-5-13(2)16(10-12)18(15-6-8-22-9-7-15)24-28(26,27)17-11-23-25(14(17)3)19(20)21/h4-11,18-19,24H,1-3H3/t18-/m1/s1. The second-order valence-corrected chi connectivity index (χ2v) is 8.19. The summed E-state index contributed by atoms with van der Waals surface area (Å²) in [5, 5.41) is 3.50. The molecule has 0 unspecified atom stereocenters. The third-order valence-electron chi connectivity index (χ3n) is 4.53. The van der Waals surface area contributed by atoms with E-state index in [4.69, 9.17) is 0 Å². The first kappa shape index (κ1) is 20.1. The summed E-state index contributed by atoms with van der Waals surface area (Å²) >= 11 is 0. The van der Waals surface area contributed by atoms with Gasteiger partial charge in [-0.25, -0.2) is 13.1 Å². The van der Waals surface area contributed by atoms with Crippen LogP contribution in [0.5, 0.6) is 0 Å². The van der Waals surface area contributed by atoms with E-state index in [2.05, 4.69) is 14.8 Å². The number of aromatic nitrogens is 3. The second kappa shape index (κ2) is 7.76. The second-order valence-electron chi connectivity index (χ2n) is 6.51. The van der Waals surface area contributed by atoms with Gasteiger partial charge in [-0.15, -0.1) is 0 Å². The smallest absolute Gasteiger partial charge is 0.265 e. The fourth-order valence-corrected chi connectivity index (χ4v) is 4.39. The van der Waals surface area contributed by atoms with Crippen molar-refractivity contribution in [1.29, 1.82) is 0 Å². The van der Waals surface area contributed by atoms with Crippen LogP contribution < -0.4 is 4.72 Å². The highest BCUT2D eigenvalue weighted by Crippen LogP contribution is 2.29. The molecule has 148 valence electrons. The van der Waals surface area contributed by atoms with Gasteiger partial charge < -0.3 is 0 Å². The number of alkyl halides is 2. The highest BCUT2D eigenvalue weighted by molar-refractivity contribution is 7.89. The molecule has 1 aromatic carbocycles. The van der Waals surface area contributed by atoms with Crippen molar-refractivity contribution in [3.05, 3.63) is 76.9 Å². The molecular weight excluding hydrogens is 386 g/mol. The predicted molar refractivity (Wildman–Crippen MR) is 101 cm³/mol. The number of pyridine rings is 1. The van der Waals surface area contributed by atoms with E-state index >= 15 is 0 Å². The van der Waals surface area contributed by atoms with Crippen molar-refractivity contribution in [3.63, 3.8) is 0 Å². The Labute approximate surface area is 162 Å². The average Bonchev–Trinajstić information content (AvgIpc) is 3.05. The minimum absolute atomic E-state index is 0.128. The molecule has 0 saturated heterocycles. The van der Waals surface area contributed by atoms with E-state index < -0.39 is 22.6 Å². The maximum atomic E-state index is 13.0. The molecule has 1 N–H and O–H groups in total. The number of aryl methyl sites for hydroxylation is 2. The number of sulfonamides is 1. The molecule has 0 aliphatic heterocycles. The Morgan fingerprint density at radius 1 is 1.07 bits per heavy atom. The Morgan fingerprint density at radius 2 is 1.75 bits per heavy atom. The van der Waals surface area contributed by atoms with Crippen molar-refractivity contribution < 1.29 is 17.2 Å². The largest absolute Gasteiger partial charge is 0.333 e. The SMILES string of the molecule is Cc1ccc(C)c([C@H](NS(=O)(=O)c2cnn(C(F)F)c2C)c2ccncc2)c1. The Hall–Kier alpha value is -2.65. The maximum Gasteiger partial charge on any atom is 0.333 e. The lowest BCUT2D eigenvalue weighted by Crippen LogP contribution is -2.30. The quantitative estimate of drug-likeness (QED) is 0.678. The predicted octanol–water partition coefficient (Wildman–Crippen LogP) is 3.67. The summed E-state index contributed by atoms with van der Waals surface area (Å²) in [4.78, 5) is 3.70.